The first-order valence-corrected chi connectivity index (χ1v) is 18.0. The minimum atomic E-state index is -1.97. The van der Waals surface area contributed by atoms with Crippen molar-refractivity contribution in [3.8, 4) is 0 Å². The molecule has 8 heteroatoms. The average Bonchev–Trinajstić information content (AvgIpc) is 3.12. The molecule has 0 fully saturated rings. The van der Waals surface area contributed by atoms with Crippen LogP contribution in [0.1, 0.15) is 73.2 Å². The predicted octanol–water partition coefficient (Wildman–Crippen LogP) is 6.49. The van der Waals surface area contributed by atoms with Gasteiger partial charge in [-0.1, -0.05) is 66.2 Å². The van der Waals surface area contributed by atoms with E-state index in [4.69, 9.17) is 13.6 Å². The van der Waals surface area contributed by atoms with Gasteiger partial charge in [0.15, 0.2) is 22.9 Å². The van der Waals surface area contributed by atoms with E-state index in [0.717, 1.165) is 25.0 Å². The molecule has 0 amide bonds. The van der Waals surface area contributed by atoms with E-state index in [9.17, 15) is 0 Å². The largest absolute Gasteiger partial charge is 0.414 e. The van der Waals surface area contributed by atoms with Gasteiger partial charge in [-0.25, -0.2) is 4.68 Å². The minimum Gasteiger partial charge on any atom is -0.414 e. The number of ether oxygens (including phenoxy) is 1. The smallest absolute Gasteiger partial charge is 0.193 e. The lowest BCUT2D eigenvalue weighted by molar-refractivity contribution is -0.101. The van der Waals surface area contributed by atoms with Crippen LogP contribution in [0.2, 0.25) is 36.3 Å². The summed E-state index contributed by atoms with van der Waals surface area (Å²) in [5.74, 6) is 0. The third-order valence-electron chi connectivity index (χ3n) is 7.40. The lowest BCUT2D eigenvalue weighted by Crippen LogP contribution is -2.51. The molecule has 0 radical (unpaired) electrons. The molecule has 1 aliphatic heterocycles. The Morgan fingerprint density at radius 1 is 1.00 bits per heavy atom. The summed E-state index contributed by atoms with van der Waals surface area (Å²) in [6.45, 7) is 25.4. The van der Waals surface area contributed by atoms with Crippen molar-refractivity contribution in [1.82, 2.24) is 15.0 Å². The number of unbranched alkanes of at least 4 members (excludes halogenated alkanes) is 1. The van der Waals surface area contributed by atoms with Gasteiger partial charge in [-0.05, 0) is 55.2 Å². The van der Waals surface area contributed by atoms with Gasteiger partial charge in [0.1, 0.15) is 6.10 Å². The molecule has 32 heavy (non-hydrogen) atoms. The quantitative estimate of drug-likeness (QED) is 0.298. The molecule has 6 nitrogen and oxygen atoms in total. The topological polar surface area (TPSA) is 58.4 Å². The molecule has 2 heterocycles. The Morgan fingerprint density at radius 2 is 1.62 bits per heavy atom. The van der Waals surface area contributed by atoms with E-state index < -0.39 is 16.6 Å². The van der Waals surface area contributed by atoms with Crippen LogP contribution in [0.5, 0.6) is 0 Å². The molecule has 0 N–H and O–H groups in total. The summed E-state index contributed by atoms with van der Waals surface area (Å²) in [5, 5.41) is 8.95. The average molecular weight is 482 g/mol. The van der Waals surface area contributed by atoms with Gasteiger partial charge in [-0.2, -0.15) is 0 Å². The number of hydrogen-bond acceptors (Lipinski definition) is 5. The lowest BCUT2D eigenvalue weighted by Gasteiger charge is -2.43. The zero-order chi connectivity index (χ0) is 24.4. The van der Waals surface area contributed by atoms with Crippen LogP contribution in [0.4, 0.5) is 0 Å². The van der Waals surface area contributed by atoms with Crippen LogP contribution in [0.25, 0.3) is 0 Å². The Hall–Kier alpha value is -0.806. The van der Waals surface area contributed by atoms with Gasteiger partial charge >= 0.3 is 0 Å². The van der Waals surface area contributed by atoms with Crippen LogP contribution in [-0.2, 0) is 20.0 Å². The molecule has 184 valence electrons. The first-order valence-electron chi connectivity index (χ1n) is 12.1. The van der Waals surface area contributed by atoms with Crippen LogP contribution < -0.4 is 0 Å². The Kier molecular flexibility index (Phi) is 8.76. The van der Waals surface area contributed by atoms with Gasteiger partial charge in [0, 0.05) is 0 Å². The van der Waals surface area contributed by atoms with E-state index in [1.807, 2.05) is 10.9 Å². The molecule has 2 rings (SSSR count). The van der Waals surface area contributed by atoms with Gasteiger partial charge < -0.3 is 13.6 Å². The van der Waals surface area contributed by atoms with Crippen LogP contribution in [0.15, 0.2) is 18.3 Å². The maximum atomic E-state index is 6.77. The molecule has 0 aliphatic carbocycles. The molecule has 0 spiro atoms. The van der Waals surface area contributed by atoms with E-state index in [1.54, 1.807) is 0 Å². The summed E-state index contributed by atoms with van der Waals surface area (Å²) in [5.41, 5.74) is 1.01. The Balaban J connectivity index is 2.23. The molecule has 0 aromatic carbocycles. The molecule has 0 bridgehead atoms. The highest BCUT2D eigenvalue weighted by Gasteiger charge is 2.43. The molecule has 1 aromatic heterocycles. The molecular formula is C24H47N3O3Si2. The molecule has 0 unspecified atom stereocenters. The van der Waals surface area contributed by atoms with Crippen molar-refractivity contribution < 1.29 is 13.6 Å². The van der Waals surface area contributed by atoms with Gasteiger partial charge in [0.05, 0.1) is 24.6 Å². The highest BCUT2D eigenvalue weighted by molar-refractivity contribution is 6.74. The molecular weight excluding hydrogens is 434 g/mol. The summed E-state index contributed by atoms with van der Waals surface area (Å²) in [7, 11) is -3.88. The summed E-state index contributed by atoms with van der Waals surface area (Å²) in [6.07, 6.45) is 8.83. The lowest BCUT2D eigenvalue weighted by atomic mass is 10.1. The Bertz CT molecular complexity index is 763. The van der Waals surface area contributed by atoms with Gasteiger partial charge in [-0.15, -0.1) is 5.10 Å². The minimum absolute atomic E-state index is 0.125. The SMILES string of the molecule is CCCCc1cn([C@@H]2C=C[C@H](O[Si](C)(C)C(C)(C)C)[C@@H](CO[Si](C)(C)C(C)(C)C)O2)nn1. The van der Waals surface area contributed by atoms with Gasteiger partial charge in [-0.3, -0.25) is 0 Å². The van der Waals surface area contributed by atoms with Gasteiger partial charge in [0.25, 0.3) is 0 Å². The summed E-state index contributed by atoms with van der Waals surface area (Å²) in [6, 6.07) is 0. The number of rotatable bonds is 9. The monoisotopic (exact) mass is 481 g/mol. The van der Waals surface area contributed by atoms with E-state index in [-0.39, 0.29) is 28.5 Å². The second kappa shape index (κ2) is 10.2. The first-order chi connectivity index (χ1) is 14.6. The second-order valence-electron chi connectivity index (χ2n) is 12.2. The third-order valence-corrected chi connectivity index (χ3v) is 16.4. The van der Waals surface area contributed by atoms with Crippen LogP contribution in [-0.4, -0.2) is 50.4 Å². The molecule has 0 saturated carbocycles. The number of nitrogens with zero attached hydrogens (tertiary/aromatic N) is 3. The highest BCUT2D eigenvalue weighted by Crippen LogP contribution is 2.40. The van der Waals surface area contributed by atoms with Crippen molar-refractivity contribution in [2.45, 2.75) is 122 Å². The van der Waals surface area contributed by atoms with Crippen molar-refractivity contribution in [2.75, 3.05) is 6.61 Å². The van der Waals surface area contributed by atoms with E-state index in [0.29, 0.717) is 6.61 Å². The highest BCUT2D eigenvalue weighted by atomic mass is 28.4. The Morgan fingerprint density at radius 3 is 2.19 bits per heavy atom. The maximum Gasteiger partial charge on any atom is 0.193 e. The fraction of sp³-hybridized carbons (Fsp3) is 0.833. The normalized spacial score (nSPS) is 23.0. The molecule has 3 atom stereocenters. The van der Waals surface area contributed by atoms with Gasteiger partial charge in [0.2, 0.25) is 0 Å². The van der Waals surface area contributed by atoms with Crippen molar-refractivity contribution in [3.63, 3.8) is 0 Å². The van der Waals surface area contributed by atoms with Crippen LogP contribution in [0.3, 0.4) is 0 Å². The third kappa shape index (κ3) is 6.85. The number of hydrogen-bond donors (Lipinski definition) is 0. The predicted molar refractivity (Wildman–Crippen MR) is 137 cm³/mol. The van der Waals surface area contributed by atoms with Crippen molar-refractivity contribution in [1.29, 1.82) is 0 Å². The van der Waals surface area contributed by atoms with E-state index >= 15 is 0 Å². The maximum absolute atomic E-state index is 6.77. The number of aryl methyl sites for hydroxylation is 1. The molecule has 0 saturated heterocycles. The van der Waals surface area contributed by atoms with Crippen molar-refractivity contribution in [2.24, 2.45) is 0 Å². The molecule has 1 aliphatic rings. The van der Waals surface area contributed by atoms with E-state index in [2.05, 4.69) is 97.1 Å². The fourth-order valence-electron chi connectivity index (χ4n) is 2.96. The standard InChI is InChI=1S/C24H47N3O3Si2/c1-12-13-14-19-17-27(26-25-19)22-16-15-20(30-32(10,11)24(5,6)7)21(29-22)18-28-31(8,9)23(2,3)4/h15-17,20-22H,12-14,18H2,1-11H3/t20-,21+,22-/m0/s1. The Labute approximate surface area is 198 Å². The zero-order valence-corrected chi connectivity index (χ0v) is 24.4. The van der Waals surface area contributed by atoms with Crippen LogP contribution in [0, 0.1) is 0 Å². The zero-order valence-electron chi connectivity index (χ0n) is 22.4. The van der Waals surface area contributed by atoms with E-state index in [1.165, 1.54) is 0 Å². The van der Waals surface area contributed by atoms with Crippen molar-refractivity contribution in [3.05, 3.63) is 24.0 Å². The number of aromatic nitrogens is 3. The second-order valence-corrected chi connectivity index (χ2v) is 21.7. The first kappa shape index (κ1) is 27.4. The summed E-state index contributed by atoms with van der Waals surface area (Å²) in [4.78, 5) is 0. The fourth-order valence-corrected chi connectivity index (χ4v) is 5.24. The summed E-state index contributed by atoms with van der Waals surface area (Å²) < 4.78 is 21.7. The summed E-state index contributed by atoms with van der Waals surface area (Å²) >= 11 is 0. The van der Waals surface area contributed by atoms with Crippen LogP contribution >= 0.6 is 0 Å². The van der Waals surface area contributed by atoms with Crippen molar-refractivity contribution >= 4 is 16.6 Å². The molecule has 1 aromatic rings.